The number of nitrogens with zero attached hydrogens (tertiary/aromatic N) is 4. The zero-order valence-electron chi connectivity index (χ0n) is 14.9. The van der Waals surface area contributed by atoms with Gasteiger partial charge in [-0.3, -0.25) is 0 Å². The van der Waals surface area contributed by atoms with E-state index >= 15 is 0 Å². The molecule has 0 amide bonds. The Balaban J connectivity index is 1.57. The van der Waals surface area contributed by atoms with E-state index in [9.17, 15) is 0 Å². The first kappa shape index (κ1) is 16.3. The highest BCUT2D eigenvalue weighted by atomic mass is 32.2. The fraction of sp³-hybridized carbons (Fsp3) is 0.136. The van der Waals surface area contributed by atoms with E-state index in [2.05, 4.69) is 71.7 Å². The van der Waals surface area contributed by atoms with Gasteiger partial charge in [0.2, 0.25) is 5.16 Å². The fourth-order valence-corrected chi connectivity index (χ4v) is 4.45. The van der Waals surface area contributed by atoms with Crippen LogP contribution in [-0.4, -0.2) is 25.8 Å². The van der Waals surface area contributed by atoms with Gasteiger partial charge in [0.1, 0.15) is 0 Å². The Bertz CT molecular complexity index is 1140. The van der Waals surface area contributed by atoms with Crippen molar-refractivity contribution in [2.24, 2.45) is 5.10 Å². The van der Waals surface area contributed by atoms with Crippen LogP contribution < -0.4 is 0 Å². The van der Waals surface area contributed by atoms with Gasteiger partial charge in [0.05, 0.1) is 11.0 Å². The van der Waals surface area contributed by atoms with Gasteiger partial charge in [0.15, 0.2) is 5.82 Å². The van der Waals surface area contributed by atoms with E-state index in [1.54, 1.807) is 11.8 Å². The molecular formula is C22H18N4S. The van der Waals surface area contributed by atoms with E-state index in [0.29, 0.717) is 6.42 Å². The second kappa shape index (κ2) is 6.67. The van der Waals surface area contributed by atoms with Crippen molar-refractivity contribution >= 4 is 28.2 Å². The molecule has 1 aliphatic heterocycles. The molecule has 0 fully saturated rings. The third kappa shape index (κ3) is 2.94. The monoisotopic (exact) mass is 370 g/mol. The molecule has 132 valence electrons. The van der Waals surface area contributed by atoms with Crippen molar-refractivity contribution in [3.05, 3.63) is 89.7 Å². The third-order valence-corrected chi connectivity index (χ3v) is 5.89. The maximum atomic E-state index is 4.92. The van der Waals surface area contributed by atoms with Crippen molar-refractivity contribution in [2.75, 3.05) is 0 Å². The summed E-state index contributed by atoms with van der Waals surface area (Å²) in [6.45, 7) is 2.17. The Morgan fingerprint density at radius 3 is 2.56 bits per heavy atom. The average molecular weight is 370 g/mol. The van der Waals surface area contributed by atoms with Crippen LogP contribution in [0.3, 0.4) is 0 Å². The van der Waals surface area contributed by atoms with E-state index in [1.807, 2.05) is 22.9 Å². The summed E-state index contributed by atoms with van der Waals surface area (Å²) in [5, 5.41) is 17.3. The van der Waals surface area contributed by atoms with E-state index in [-0.39, 0.29) is 5.25 Å². The van der Waals surface area contributed by atoms with Gasteiger partial charge in [-0.25, -0.2) is 0 Å². The first-order valence-electron chi connectivity index (χ1n) is 9.01. The van der Waals surface area contributed by atoms with Crippen LogP contribution in [0.5, 0.6) is 0 Å². The Morgan fingerprint density at radius 1 is 0.889 bits per heavy atom. The summed E-state index contributed by atoms with van der Waals surface area (Å²) in [4.78, 5) is 0. The van der Waals surface area contributed by atoms with Gasteiger partial charge >= 0.3 is 0 Å². The van der Waals surface area contributed by atoms with Gasteiger partial charge in [-0.05, 0) is 28.8 Å². The van der Waals surface area contributed by atoms with Crippen molar-refractivity contribution in [1.29, 1.82) is 0 Å². The SMILES string of the molecule is C[C@H]1Sc2nnc(Cc3cccc4ccccc34)n2N=C1c1ccccc1. The minimum Gasteiger partial charge on any atom is -0.191 e. The molecule has 1 atom stereocenters. The van der Waals surface area contributed by atoms with Gasteiger partial charge in [0.25, 0.3) is 0 Å². The number of aromatic nitrogens is 3. The molecule has 0 unspecified atom stereocenters. The van der Waals surface area contributed by atoms with Gasteiger partial charge in [-0.1, -0.05) is 84.6 Å². The van der Waals surface area contributed by atoms with Crippen LogP contribution in [0.4, 0.5) is 0 Å². The molecule has 0 N–H and O–H groups in total. The summed E-state index contributed by atoms with van der Waals surface area (Å²) in [5.41, 5.74) is 3.45. The highest BCUT2D eigenvalue weighted by Crippen LogP contribution is 2.31. The number of hydrogen-bond acceptors (Lipinski definition) is 4. The zero-order chi connectivity index (χ0) is 18.2. The minimum atomic E-state index is 0.245. The summed E-state index contributed by atoms with van der Waals surface area (Å²) >= 11 is 1.71. The molecule has 27 heavy (non-hydrogen) atoms. The molecule has 4 aromatic rings. The van der Waals surface area contributed by atoms with Crippen LogP contribution >= 0.6 is 11.8 Å². The molecule has 1 aliphatic rings. The third-order valence-electron chi connectivity index (χ3n) is 4.85. The first-order valence-corrected chi connectivity index (χ1v) is 9.89. The number of benzene rings is 3. The Labute approximate surface area is 161 Å². The van der Waals surface area contributed by atoms with Gasteiger partial charge in [0, 0.05) is 6.42 Å². The smallest absolute Gasteiger partial charge is 0.191 e. The van der Waals surface area contributed by atoms with Crippen LogP contribution in [0, 0.1) is 0 Å². The van der Waals surface area contributed by atoms with Crippen molar-refractivity contribution < 1.29 is 0 Å². The topological polar surface area (TPSA) is 43.1 Å². The molecule has 0 radical (unpaired) electrons. The molecule has 0 spiro atoms. The predicted molar refractivity (Wildman–Crippen MR) is 110 cm³/mol. The molecule has 0 aliphatic carbocycles. The minimum absolute atomic E-state index is 0.245. The molecule has 1 aromatic heterocycles. The molecule has 4 nitrogen and oxygen atoms in total. The molecule has 0 saturated carbocycles. The maximum absolute atomic E-state index is 4.92. The van der Waals surface area contributed by atoms with Gasteiger partial charge < -0.3 is 0 Å². The standard InChI is InChI=1S/C22H18N4S/c1-15-21(17-9-3-2-4-10-17)25-26-20(23-24-22(26)27-15)14-18-12-7-11-16-8-5-6-13-19(16)18/h2-13,15H,14H2,1H3/t15-/m1/s1. The summed E-state index contributed by atoms with van der Waals surface area (Å²) in [5.74, 6) is 0.870. The number of rotatable bonds is 3. The number of fused-ring (bicyclic) bond motifs is 2. The van der Waals surface area contributed by atoms with E-state index in [0.717, 1.165) is 22.3 Å². The number of thioether (sulfide) groups is 1. The molecular weight excluding hydrogens is 352 g/mol. The normalized spacial score (nSPS) is 16.2. The molecule has 2 heterocycles. The van der Waals surface area contributed by atoms with Crippen molar-refractivity contribution in [3.8, 4) is 0 Å². The Morgan fingerprint density at radius 2 is 1.67 bits per heavy atom. The van der Waals surface area contributed by atoms with Crippen LogP contribution in [-0.2, 0) is 6.42 Å². The lowest BCUT2D eigenvalue weighted by Crippen LogP contribution is -2.22. The molecule has 3 aromatic carbocycles. The lowest BCUT2D eigenvalue weighted by atomic mass is 10.0. The quantitative estimate of drug-likeness (QED) is 0.522. The second-order valence-corrected chi connectivity index (χ2v) is 7.94. The van der Waals surface area contributed by atoms with E-state index < -0.39 is 0 Å². The second-order valence-electron chi connectivity index (χ2n) is 6.64. The van der Waals surface area contributed by atoms with Crippen LogP contribution in [0.15, 0.2) is 83.1 Å². The number of hydrogen-bond donors (Lipinski definition) is 0. The first-order chi connectivity index (χ1) is 13.3. The zero-order valence-corrected chi connectivity index (χ0v) is 15.7. The largest absolute Gasteiger partial charge is 0.212 e. The van der Waals surface area contributed by atoms with E-state index in [1.165, 1.54) is 16.3 Å². The Hall–Kier alpha value is -2.92. The molecule has 0 bridgehead atoms. The Kier molecular flexibility index (Phi) is 4.02. The van der Waals surface area contributed by atoms with Crippen molar-refractivity contribution in [1.82, 2.24) is 14.9 Å². The summed E-state index contributed by atoms with van der Waals surface area (Å²) in [6, 6.07) is 25.2. The predicted octanol–water partition coefficient (Wildman–Crippen LogP) is 4.77. The molecule has 5 heteroatoms. The van der Waals surface area contributed by atoms with Gasteiger partial charge in [-0.15, -0.1) is 10.2 Å². The molecule has 5 rings (SSSR count). The van der Waals surface area contributed by atoms with Gasteiger partial charge in [-0.2, -0.15) is 9.78 Å². The summed E-state index contributed by atoms with van der Waals surface area (Å²) < 4.78 is 1.91. The van der Waals surface area contributed by atoms with Crippen molar-refractivity contribution in [2.45, 2.75) is 23.8 Å². The maximum Gasteiger partial charge on any atom is 0.212 e. The highest BCUT2D eigenvalue weighted by molar-refractivity contribution is 8.00. The summed E-state index contributed by atoms with van der Waals surface area (Å²) in [7, 11) is 0. The average Bonchev–Trinajstić information content (AvgIpc) is 3.10. The summed E-state index contributed by atoms with van der Waals surface area (Å²) in [6.07, 6.45) is 0.703. The molecule has 0 saturated heterocycles. The lowest BCUT2D eigenvalue weighted by Gasteiger charge is -2.20. The van der Waals surface area contributed by atoms with Crippen molar-refractivity contribution in [3.63, 3.8) is 0 Å². The van der Waals surface area contributed by atoms with Crippen LogP contribution in [0.1, 0.15) is 23.9 Å². The van der Waals surface area contributed by atoms with E-state index in [4.69, 9.17) is 5.10 Å². The van der Waals surface area contributed by atoms with Crippen LogP contribution in [0.2, 0.25) is 0 Å². The fourth-order valence-electron chi connectivity index (χ4n) is 3.50. The lowest BCUT2D eigenvalue weighted by molar-refractivity contribution is 0.714. The van der Waals surface area contributed by atoms with Crippen LogP contribution in [0.25, 0.3) is 10.8 Å². The highest BCUT2D eigenvalue weighted by Gasteiger charge is 2.25.